The van der Waals surface area contributed by atoms with Crippen LogP contribution in [0.1, 0.15) is 16.1 Å². The van der Waals surface area contributed by atoms with Crippen LogP contribution in [0.25, 0.3) is 0 Å². The molecule has 0 spiro atoms. The first-order valence-electron chi connectivity index (χ1n) is 2.85. The summed E-state index contributed by atoms with van der Waals surface area (Å²) in [5.41, 5.74) is 1.35. The first-order chi connectivity index (χ1) is 4.74. The van der Waals surface area contributed by atoms with Crippen LogP contribution in [0.5, 0.6) is 0 Å². The number of nitrogens with zero attached hydrogens (tertiary/aromatic N) is 1. The zero-order valence-corrected chi connectivity index (χ0v) is 6.43. The first kappa shape index (κ1) is 7.28. The van der Waals surface area contributed by atoms with Crippen LogP contribution in [0.3, 0.4) is 0 Å². The molecule has 0 N–H and O–H groups in total. The van der Waals surface area contributed by atoms with E-state index >= 15 is 0 Å². The van der Waals surface area contributed by atoms with Crippen LogP contribution in [0.4, 0.5) is 0 Å². The number of aryl methyl sites for hydroxylation is 1. The molecule has 0 bridgehead atoms. The van der Waals surface area contributed by atoms with E-state index in [-0.39, 0.29) is 0 Å². The molecule has 0 radical (unpaired) electrons. The molecule has 0 aromatic carbocycles. The van der Waals surface area contributed by atoms with Gasteiger partial charge in [-0.05, 0) is 18.6 Å². The minimum atomic E-state index is 0.484. The van der Waals surface area contributed by atoms with E-state index in [0.29, 0.717) is 5.69 Å². The summed E-state index contributed by atoms with van der Waals surface area (Å²) in [6.45, 7) is 1.83. The largest absolute Gasteiger partial charge is 0.296 e. The Labute approximate surface area is 64.7 Å². The highest BCUT2D eigenvalue weighted by Crippen LogP contribution is 2.08. The van der Waals surface area contributed by atoms with Crippen LogP contribution in [0.15, 0.2) is 17.2 Å². The second kappa shape index (κ2) is 2.84. The van der Waals surface area contributed by atoms with E-state index in [0.717, 1.165) is 16.7 Å². The molecule has 2 nitrogen and oxygen atoms in total. The quantitative estimate of drug-likeness (QED) is 0.489. The van der Waals surface area contributed by atoms with E-state index in [1.54, 1.807) is 12.3 Å². The van der Waals surface area contributed by atoms with Crippen LogP contribution in [-0.4, -0.2) is 11.3 Å². The molecule has 3 heteroatoms. The number of hydrogen-bond acceptors (Lipinski definition) is 3. The summed E-state index contributed by atoms with van der Waals surface area (Å²) in [5, 5.41) is 0. The van der Waals surface area contributed by atoms with Crippen molar-refractivity contribution in [3.05, 3.63) is 23.5 Å². The third-order valence-corrected chi connectivity index (χ3v) is 1.46. The molecule has 52 valence electrons. The summed E-state index contributed by atoms with van der Waals surface area (Å²) in [7, 11) is 0. The molecule has 0 amide bonds. The predicted molar refractivity (Wildman–Crippen MR) is 41.6 cm³/mol. The van der Waals surface area contributed by atoms with E-state index < -0.39 is 0 Å². The smallest absolute Gasteiger partial charge is 0.168 e. The lowest BCUT2D eigenvalue weighted by atomic mass is 10.2. The molecular formula is C7H7NOS. The van der Waals surface area contributed by atoms with Crippen molar-refractivity contribution in [3.63, 3.8) is 0 Å². The van der Waals surface area contributed by atoms with Gasteiger partial charge in [-0.3, -0.25) is 9.78 Å². The van der Waals surface area contributed by atoms with Crippen molar-refractivity contribution in [2.75, 3.05) is 0 Å². The Hall–Kier alpha value is -0.830. The number of hydrogen-bond donors (Lipinski definition) is 1. The fourth-order valence-corrected chi connectivity index (χ4v) is 0.945. The van der Waals surface area contributed by atoms with Crippen LogP contribution < -0.4 is 0 Å². The van der Waals surface area contributed by atoms with Gasteiger partial charge in [0.1, 0.15) is 5.69 Å². The number of aldehydes is 1. The van der Waals surface area contributed by atoms with Crippen molar-refractivity contribution in [2.45, 2.75) is 11.8 Å². The van der Waals surface area contributed by atoms with Crippen molar-refractivity contribution in [1.82, 2.24) is 4.98 Å². The summed E-state index contributed by atoms with van der Waals surface area (Å²) >= 11 is 4.06. The Bertz CT molecular complexity index is 260. The first-order valence-corrected chi connectivity index (χ1v) is 3.29. The summed E-state index contributed by atoms with van der Waals surface area (Å²) in [4.78, 5) is 14.9. The zero-order valence-electron chi connectivity index (χ0n) is 5.53. The average molecular weight is 153 g/mol. The van der Waals surface area contributed by atoms with E-state index in [1.165, 1.54) is 0 Å². The lowest BCUT2D eigenvalue weighted by Gasteiger charge is -1.95. The summed E-state index contributed by atoms with van der Waals surface area (Å²) in [5.74, 6) is 0. The molecule has 1 heterocycles. The maximum Gasteiger partial charge on any atom is 0.168 e. The van der Waals surface area contributed by atoms with Crippen molar-refractivity contribution in [1.29, 1.82) is 0 Å². The molecule has 1 rings (SSSR count). The molecule has 0 atom stereocenters. The maximum atomic E-state index is 10.3. The minimum Gasteiger partial charge on any atom is -0.296 e. The highest BCUT2D eigenvalue weighted by atomic mass is 32.1. The topological polar surface area (TPSA) is 30.0 Å². The summed E-state index contributed by atoms with van der Waals surface area (Å²) in [6.07, 6.45) is 2.29. The monoisotopic (exact) mass is 153 g/mol. The number of carbonyl (C=O) groups is 1. The second-order valence-electron chi connectivity index (χ2n) is 2.01. The van der Waals surface area contributed by atoms with Crippen LogP contribution >= 0.6 is 12.6 Å². The van der Waals surface area contributed by atoms with Gasteiger partial charge < -0.3 is 0 Å². The third kappa shape index (κ3) is 1.36. The SMILES string of the molecule is Cc1cc(S)cnc1C=O. The highest BCUT2D eigenvalue weighted by molar-refractivity contribution is 7.80. The predicted octanol–water partition coefficient (Wildman–Crippen LogP) is 1.49. The fourth-order valence-electron chi connectivity index (χ4n) is 0.694. The summed E-state index contributed by atoms with van der Waals surface area (Å²) < 4.78 is 0. The molecule has 0 saturated heterocycles. The molecule has 0 unspecified atom stereocenters. The van der Waals surface area contributed by atoms with Gasteiger partial charge in [0.15, 0.2) is 6.29 Å². The lowest BCUT2D eigenvalue weighted by Crippen LogP contribution is -1.90. The van der Waals surface area contributed by atoms with Gasteiger partial charge in [0.2, 0.25) is 0 Å². The number of rotatable bonds is 1. The molecule has 0 aliphatic rings. The van der Waals surface area contributed by atoms with Crippen LogP contribution in [0.2, 0.25) is 0 Å². The van der Waals surface area contributed by atoms with E-state index in [4.69, 9.17) is 0 Å². The molecular weight excluding hydrogens is 146 g/mol. The van der Waals surface area contributed by atoms with Gasteiger partial charge in [-0.25, -0.2) is 0 Å². The van der Waals surface area contributed by atoms with Crippen LogP contribution in [0, 0.1) is 6.92 Å². The molecule has 1 aromatic rings. The van der Waals surface area contributed by atoms with E-state index in [1.807, 2.05) is 6.92 Å². The van der Waals surface area contributed by atoms with Gasteiger partial charge in [-0.2, -0.15) is 0 Å². The number of pyridine rings is 1. The standard InChI is InChI=1S/C7H7NOS/c1-5-2-6(10)3-8-7(5)4-9/h2-4,10H,1H3. The van der Waals surface area contributed by atoms with Crippen molar-refractivity contribution < 1.29 is 4.79 Å². The average Bonchev–Trinajstić information content (AvgIpc) is 1.88. The van der Waals surface area contributed by atoms with Gasteiger partial charge in [0, 0.05) is 11.1 Å². The molecule has 0 aliphatic heterocycles. The summed E-state index contributed by atoms with van der Waals surface area (Å²) in [6, 6.07) is 1.81. The van der Waals surface area contributed by atoms with Crippen molar-refractivity contribution in [2.24, 2.45) is 0 Å². The van der Waals surface area contributed by atoms with Gasteiger partial charge >= 0.3 is 0 Å². The van der Waals surface area contributed by atoms with Crippen molar-refractivity contribution in [3.8, 4) is 0 Å². The number of carbonyl (C=O) groups excluding carboxylic acids is 1. The van der Waals surface area contributed by atoms with Crippen LogP contribution in [-0.2, 0) is 0 Å². The second-order valence-corrected chi connectivity index (χ2v) is 2.53. The Morgan fingerprint density at radius 2 is 2.40 bits per heavy atom. The Morgan fingerprint density at radius 3 is 2.90 bits per heavy atom. The molecule has 0 saturated carbocycles. The van der Waals surface area contributed by atoms with Gasteiger partial charge in [0.25, 0.3) is 0 Å². The van der Waals surface area contributed by atoms with Gasteiger partial charge in [0.05, 0.1) is 0 Å². The molecule has 0 aliphatic carbocycles. The zero-order chi connectivity index (χ0) is 7.56. The third-order valence-electron chi connectivity index (χ3n) is 1.22. The normalized spacial score (nSPS) is 9.40. The van der Waals surface area contributed by atoms with Gasteiger partial charge in [-0.1, -0.05) is 0 Å². The number of thiol groups is 1. The van der Waals surface area contributed by atoms with Gasteiger partial charge in [-0.15, -0.1) is 12.6 Å². The Balaban J connectivity index is 3.19. The molecule has 1 aromatic heterocycles. The fraction of sp³-hybridized carbons (Fsp3) is 0.143. The maximum absolute atomic E-state index is 10.3. The Kier molecular flexibility index (Phi) is 2.06. The molecule has 0 fully saturated rings. The highest BCUT2D eigenvalue weighted by Gasteiger charge is 1.96. The number of aromatic nitrogens is 1. The van der Waals surface area contributed by atoms with Crippen molar-refractivity contribution >= 4 is 18.9 Å². The Morgan fingerprint density at radius 1 is 1.70 bits per heavy atom. The molecule has 10 heavy (non-hydrogen) atoms. The minimum absolute atomic E-state index is 0.484. The van der Waals surface area contributed by atoms with E-state index in [9.17, 15) is 4.79 Å². The lowest BCUT2D eigenvalue weighted by molar-refractivity contribution is 0.111. The van der Waals surface area contributed by atoms with E-state index in [2.05, 4.69) is 17.6 Å².